The molecule has 0 saturated carbocycles. The maximum absolute atomic E-state index is 12.6. The number of ether oxygens (including phenoxy) is 1. The Morgan fingerprint density at radius 3 is 2.62 bits per heavy atom. The summed E-state index contributed by atoms with van der Waals surface area (Å²) in [6.45, 7) is 0. The van der Waals surface area contributed by atoms with Crippen molar-refractivity contribution in [3.63, 3.8) is 0 Å². The molecule has 0 unspecified atom stereocenters. The Morgan fingerprint density at radius 1 is 1.25 bits per heavy atom. The first-order valence-corrected chi connectivity index (χ1v) is 7.03. The Hall–Kier alpha value is -2.54. The molecule has 4 nitrogen and oxygen atoms in total. The fourth-order valence-electron chi connectivity index (χ4n) is 1.83. The minimum atomic E-state index is -4.51. The van der Waals surface area contributed by atoms with E-state index in [1.807, 2.05) is 0 Å². The number of nitrogens with one attached hydrogen (secondary N) is 1. The Labute approximate surface area is 140 Å². The number of amides is 1. The van der Waals surface area contributed by atoms with Gasteiger partial charge in [-0.2, -0.15) is 18.3 Å². The van der Waals surface area contributed by atoms with Crippen molar-refractivity contribution in [2.75, 3.05) is 7.11 Å². The lowest BCUT2D eigenvalue weighted by molar-refractivity contribution is -0.137. The van der Waals surface area contributed by atoms with Crippen LogP contribution in [0.25, 0.3) is 0 Å². The molecular formula is C16H12ClF3N2O2. The number of carbonyl (C=O) groups excluding carboxylic acids is 1. The van der Waals surface area contributed by atoms with Crippen LogP contribution in [0.3, 0.4) is 0 Å². The molecule has 2 aromatic rings. The van der Waals surface area contributed by atoms with Gasteiger partial charge in [0.1, 0.15) is 5.75 Å². The molecule has 0 radical (unpaired) electrons. The van der Waals surface area contributed by atoms with Gasteiger partial charge in [0.15, 0.2) is 0 Å². The lowest BCUT2D eigenvalue weighted by Gasteiger charge is -2.07. The van der Waals surface area contributed by atoms with Crippen LogP contribution in [0.5, 0.6) is 5.75 Å². The molecule has 0 atom stereocenters. The first-order chi connectivity index (χ1) is 11.3. The highest BCUT2D eigenvalue weighted by Crippen LogP contribution is 2.29. The van der Waals surface area contributed by atoms with Crippen molar-refractivity contribution >= 4 is 23.7 Å². The summed E-state index contributed by atoms with van der Waals surface area (Å²) < 4.78 is 42.9. The Balaban J connectivity index is 2.06. The molecule has 8 heteroatoms. The van der Waals surface area contributed by atoms with Crippen LogP contribution in [0.4, 0.5) is 13.2 Å². The number of hydrogen-bond donors (Lipinski definition) is 1. The molecule has 0 aliphatic heterocycles. The standard InChI is InChI=1S/C16H12ClF3N2O2/c1-24-14-6-5-10(7-13(14)17)9-21-22-15(23)11-3-2-4-12(8-11)16(18,19)20/h2-9H,1H3,(H,22,23)/b21-9-. The third-order valence-electron chi connectivity index (χ3n) is 3.01. The van der Waals surface area contributed by atoms with E-state index in [9.17, 15) is 18.0 Å². The molecule has 1 N–H and O–H groups in total. The smallest absolute Gasteiger partial charge is 0.416 e. The summed E-state index contributed by atoms with van der Waals surface area (Å²) in [5.41, 5.74) is 1.71. The summed E-state index contributed by atoms with van der Waals surface area (Å²) in [7, 11) is 1.48. The largest absolute Gasteiger partial charge is 0.495 e. The van der Waals surface area contributed by atoms with E-state index in [2.05, 4.69) is 10.5 Å². The number of benzene rings is 2. The van der Waals surface area contributed by atoms with Gasteiger partial charge in [0.2, 0.25) is 0 Å². The molecular weight excluding hydrogens is 345 g/mol. The molecule has 0 bridgehead atoms. The highest BCUT2D eigenvalue weighted by molar-refractivity contribution is 6.32. The van der Waals surface area contributed by atoms with Crippen LogP contribution in [-0.2, 0) is 6.18 Å². The third-order valence-corrected chi connectivity index (χ3v) is 3.30. The highest BCUT2D eigenvalue weighted by Gasteiger charge is 2.30. The Morgan fingerprint density at radius 2 is 2.00 bits per heavy atom. The topological polar surface area (TPSA) is 50.7 Å². The number of hydrazone groups is 1. The van der Waals surface area contributed by atoms with Crippen molar-refractivity contribution in [3.05, 3.63) is 64.2 Å². The number of rotatable bonds is 4. The predicted octanol–water partition coefficient (Wildman–Crippen LogP) is 4.13. The maximum Gasteiger partial charge on any atom is 0.416 e. The van der Waals surface area contributed by atoms with Crippen molar-refractivity contribution in [2.45, 2.75) is 6.18 Å². The summed E-state index contributed by atoms with van der Waals surface area (Å²) in [5, 5.41) is 4.07. The van der Waals surface area contributed by atoms with Crippen molar-refractivity contribution in [1.82, 2.24) is 5.43 Å². The second kappa shape index (κ2) is 7.35. The van der Waals surface area contributed by atoms with E-state index in [4.69, 9.17) is 16.3 Å². The van der Waals surface area contributed by atoms with Gasteiger partial charge in [0, 0.05) is 5.56 Å². The van der Waals surface area contributed by atoms with Gasteiger partial charge < -0.3 is 4.74 Å². The van der Waals surface area contributed by atoms with Crippen molar-refractivity contribution < 1.29 is 22.7 Å². The van der Waals surface area contributed by atoms with Gasteiger partial charge in [-0.25, -0.2) is 5.43 Å². The normalized spacial score (nSPS) is 11.5. The fourth-order valence-corrected chi connectivity index (χ4v) is 2.10. The minimum absolute atomic E-state index is 0.144. The summed E-state index contributed by atoms with van der Waals surface area (Å²) in [6.07, 6.45) is -3.20. The number of halogens is 4. The number of nitrogens with zero attached hydrogens (tertiary/aromatic N) is 1. The van der Waals surface area contributed by atoms with E-state index < -0.39 is 17.6 Å². The molecule has 1 amide bonds. The summed E-state index contributed by atoms with van der Waals surface area (Å²) in [4.78, 5) is 11.8. The fraction of sp³-hybridized carbons (Fsp3) is 0.125. The van der Waals surface area contributed by atoms with Crippen molar-refractivity contribution in [2.24, 2.45) is 5.10 Å². The van der Waals surface area contributed by atoms with Crippen LogP contribution < -0.4 is 10.2 Å². The van der Waals surface area contributed by atoms with Gasteiger partial charge in [0.05, 0.1) is 23.9 Å². The van der Waals surface area contributed by atoms with Gasteiger partial charge in [-0.05, 0) is 42.0 Å². The van der Waals surface area contributed by atoms with Crippen LogP contribution in [0.15, 0.2) is 47.6 Å². The first-order valence-electron chi connectivity index (χ1n) is 6.65. The molecule has 0 heterocycles. The van der Waals surface area contributed by atoms with Crippen LogP contribution in [0.1, 0.15) is 21.5 Å². The lowest BCUT2D eigenvalue weighted by atomic mass is 10.1. The van der Waals surface area contributed by atoms with Gasteiger partial charge in [0.25, 0.3) is 5.91 Å². The predicted molar refractivity (Wildman–Crippen MR) is 84.5 cm³/mol. The van der Waals surface area contributed by atoms with E-state index in [1.165, 1.54) is 19.4 Å². The van der Waals surface area contributed by atoms with Gasteiger partial charge >= 0.3 is 6.18 Å². The van der Waals surface area contributed by atoms with Crippen LogP contribution in [0, 0.1) is 0 Å². The van der Waals surface area contributed by atoms with Crippen molar-refractivity contribution in [1.29, 1.82) is 0 Å². The lowest BCUT2D eigenvalue weighted by Crippen LogP contribution is -2.18. The van der Waals surface area contributed by atoms with Gasteiger partial charge in [-0.15, -0.1) is 0 Å². The molecule has 2 rings (SSSR count). The highest BCUT2D eigenvalue weighted by atomic mass is 35.5. The zero-order valence-electron chi connectivity index (χ0n) is 12.4. The summed E-state index contributed by atoms with van der Waals surface area (Å²) in [6, 6.07) is 8.92. The Bertz CT molecular complexity index is 776. The van der Waals surface area contributed by atoms with E-state index in [0.29, 0.717) is 16.3 Å². The SMILES string of the molecule is COc1ccc(/C=N\NC(=O)c2cccc(C(F)(F)F)c2)cc1Cl. The van der Waals surface area contributed by atoms with Gasteiger partial charge in [-0.3, -0.25) is 4.79 Å². The zero-order chi connectivity index (χ0) is 17.7. The second-order valence-corrected chi connectivity index (χ2v) is 5.08. The van der Waals surface area contributed by atoms with Crippen LogP contribution in [-0.4, -0.2) is 19.2 Å². The molecule has 126 valence electrons. The Kier molecular flexibility index (Phi) is 5.46. The third kappa shape index (κ3) is 4.48. The quantitative estimate of drug-likeness (QED) is 0.661. The van der Waals surface area contributed by atoms with Crippen LogP contribution in [0.2, 0.25) is 5.02 Å². The molecule has 0 aliphatic rings. The number of hydrogen-bond acceptors (Lipinski definition) is 3. The molecule has 0 fully saturated rings. The molecule has 24 heavy (non-hydrogen) atoms. The van der Waals surface area contributed by atoms with Crippen molar-refractivity contribution in [3.8, 4) is 5.75 Å². The average molecular weight is 357 g/mol. The number of carbonyl (C=O) groups is 1. The molecule has 0 spiro atoms. The van der Waals surface area contributed by atoms with Crippen LogP contribution >= 0.6 is 11.6 Å². The van der Waals surface area contributed by atoms with E-state index in [0.717, 1.165) is 18.2 Å². The second-order valence-electron chi connectivity index (χ2n) is 4.67. The van der Waals surface area contributed by atoms with E-state index >= 15 is 0 Å². The number of methoxy groups -OCH3 is 1. The monoisotopic (exact) mass is 356 g/mol. The van der Waals surface area contributed by atoms with E-state index in [1.54, 1.807) is 18.2 Å². The molecule has 0 aliphatic carbocycles. The molecule has 0 aromatic heterocycles. The molecule has 2 aromatic carbocycles. The summed E-state index contributed by atoms with van der Waals surface area (Å²) >= 11 is 5.95. The first kappa shape index (κ1) is 17.8. The number of alkyl halides is 3. The average Bonchev–Trinajstić information content (AvgIpc) is 2.54. The molecule has 0 saturated heterocycles. The summed E-state index contributed by atoms with van der Waals surface area (Å²) in [5.74, 6) is -0.265. The van der Waals surface area contributed by atoms with Gasteiger partial charge in [-0.1, -0.05) is 17.7 Å². The minimum Gasteiger partial charge on any atom is -0.495 e. The van der Waals surface area contributed by atoms with E-state index in [-0.39, 0.29) is 5.56 Å². The maximum atomic E-state index is 12.6. The zero-order valence-corrected chi connectivity index (χ0v) is 13.2.